The molecule has 0 aliphatic carbocycles. The van der Waals surface area contributed by atoms with Crippen LogP contribution in [0, 0.1) is 0 Å². The number of sulfone groups is 1. The van der Waals surface area contributed by atoms with Crippen molar-refractivity contribution >= 4 is 15.7 Å². The zero-order chi connectivity index (χ0) is 16.5. The summed E-state index contributed by atoms with van der Waals surface area (Å²) in [6, 6.07) is 0. The third kappa shape index (κ3) is 3.17. The number of aromatic nitrogens is 2. The fraction of sp³-hybridized carbons (Fsp3) is 0.714. The first-order chi connectivity index (χ1) is 10.2. The van der Waals surface area contributed by atoms with Gasteiger partial charge in [0.05, 0.1) is 16.7 Å². The van der Waals surface area contributed by atoms with Crippen molar-refractivity contribution in [2.75, 3.05) is 26.0 Å². The van der Waals surface area contributed by atoms with E-state index in [0.717, 1.165) is 0 Å². The van der Waals surface area contributed by atoms with Gasteiger partial charge >= 0.3 is 0 Å². The molecule has 2 rings (SSSR count). The summed E-state index contributed by atoms with van der Waals surface area (Å²) in [4.78, 5) is 14.3. The van der Waals surface area contributed by atoms with Gasteiger partial charge in [-0.3, -0.25) is 9.48 Å². The van der Waals surface area contributed by atoms with E-state index in [-0.39, 0.29) is 18.2 Å². The Kier molecular flexibility index (Phi) is 4.62. The van der Waals surface area contributed by atoms with Crippen molar-refractivity contribution in [3.63, 3.8) is 0 Å². The van der Waals surface area contributed by atoms with Crippen LogP contribution >= 0.6 is 0 Å². The second-order valence-corrected chi connectivity index (χ2v) is 8.96. The van der Waals surface area contributed by atoms with E-state index >= 15 is 0 Å². The molecule has 0 spiro atoms. The number of methoxy groups -OCH3 is 1. The predicted molar refractivity (Wildman–Crippen MR) is 82.0 cm³/mol. The first-order valence-corrected chi connectivity index (χ1v) is 8.85. The average molecular weight is 329 g/mol. The maximum Gasteiger partial charge on any atom is 0.256 e. The maximum absolute atomic E-state index is 12.7. The molecule has 1 aliphatic heterocycles. The Morgan fingerprint density at radius 2 is 2.09 bits per heavy atom. The lowest BCUT2D eigenvalue weighted by Crippen LogP contribution is -2.37. The number of amides is 1. The Morgan fingerprint density at radius 3 is 2.64 bits per heavy atom. The normalized spacial score (nSPS) is 22.1. The highest BCUT2D eigenvalue weighted by atomic mass is 32.2. The van der Waals surface area contributed by atoms with E-state index in [9.17, 15) is 13.2 Å². The fourth-order valence-electron chi connectivity index (χ4n) is 2.52. The van der Waals surface area contributed by atoms with Crippen LogP contribution in [0.15, 0.2) is 12.4 Å². The van der Waals surface area contributed by atoms with Crippen LogP contribution in [0.2, 0.25) is 0 Å². The number of carbonyl (C=O) groups excluding carboxylic acids is 1. The number of hydrogen-bond donors (Lipinski definition) is 0. The largest absolute Gasteiger partial charge is 0.367 e. The number of nitrogens with zero attached hydrogens (tertiary/aromatic N) is 3. The minimum atomic E-state index is -3.21. The van der Waals surface area contributed by atoms with Crippen LogP contribution in [0.1, 0.15) is 31.9 Å². The maximum atomic E-state index is 12.7. The molecular weight excluding hydrogens is 306 g/mol. The van der Waals surface area contributed by atoms with Crippen LogP contribution in [-0.4, -0.2) is 59.7 Å². The Bertz CT molecular complexity index is 651. The van der Waals surface area contributed by atoms with E-state index in [1.54, 1.807) is 42.9 Å². The summed E-state index contributed by atoms with van der Waals surface area (Å²) in [5, 5.41) is 4.05. The third-order valence-corrected chi connectivity index (χ3v) is 6.86. The standard InChI is InChI=1S/C14H23N3O4S/c1-14(2)5-6-17(7-8-22(14,19)20)13(18)12(21-4)11-9-15-16(3)10-11/h9-10,12H,5-8H2,1-4H3. The molecule has 0 saturated carbocycles. The molecule has 2 heterocycles. The van der Waals surface area contributed by atoms with Crippen molar-refractivity contribution in [2.45, 2.75) is 31.1 Å². The van der Waals surface area contributed by atoms with Crippen LogP contribution in [0.5, 0.6) is 0 Å². The summed E-state index contributed by atoms with van der Waals surface area (Å²) in [5.41, 5.74) is 0.668. The molecule has 1 amide bonds. The van der Waals surface area contributed by atoms with Crippen molar-refractivity contribution in [3.05, 3.63) is 18.0 Å². The lowest BCUT2D eigenvalue weighted by Gasteiger charge is -2.25. The summed E-state index contributed by atoms with van der Waals surface area (Å²) in [7, 11) is 0.0239. The Morgan fingerprint density at radius 1 is 1.41 bits per heavy atom. The molecule has 1 fully saturated rings. The smallest absolute Gasteiger partial charge is 0.256 e. The van der Waals surface area contributed by atoms with Gasteiger partial charge in [-0.25, -0.2) is 8.42 Å². The highest BCUT2D eigenvalue weighted by Gasteiger charge is 2.39. The highest BCUT2D eigenvalue weighted by Crippen LogP contribution is 2.27. The molecule has 0 aromatic carbocycles. The van der Waals surface area contributed by atoms with Crippen molar-refractivity contribution in [1.82, 2.24) is 14.7 Å². The molecule has 1 saturated heterocycles. The summed E-state index contributed by atoms with van der Waals surface area (Å²) < 4.78 is 30.6. The molecule has 0 radical (unpaired) electrons. The van der Waals surface area contributed by atoms with Gasteiger partial charge in [-0.1, -0.05) is 0 Å². The number of carbonyl (C=O) groups is 1. The Labute approximate surface area is 131 Å². The van der Waals surface area contributed by atoms with E-state index in [2.05, 4.69) is 5.10 Å². The summed E-state index contributed by atoms with van der Waals surface area (Å²) in [5.74, 6) is -0.238. The first kappa shape index (κ1) is 17.0. The monoisotopic (exact) mass is 329 g/mol. The molecule has 1 aromatic heterocycles. The van der Waals surface area contributed by atoms with Crippen LogP contribution < -0.4 is 0 Å². The molecule has 124 valence electrons. The zero-order valence-electron chi connectivity index (χ0n) is 13.4. The topological polar surface area (TPSA) is 81.5 Å². The Balaban J connectivity index is 2.19. The van der Waals surface area contributed by atoms with Gasteiger partial charge < -0.3 is 9.64 Å². The van der Waals surface area contributed by atoms with Gasteiger partial charge in [-0.15, -0.1) is 0 Å². The highest BCUT2D eigenvalue weighted by molar-refractivity contribution is 7.92. The molecule has 1 aromatic rings. The average Bonchev–Trinajstić information content (AvgIpc) is 2.81. The SMILES string of the molecule is COC(C(=O)N1CCC(C)(C)S(=O)(=O)CC1)c1cnn(C)c1. The van der Waals surface area contributed by atoms with Crippen LogP contribution in [0.25, 0.3) is 0 Å². The number of rotatable bonds is 3. The molecule has 0 N–H and O–H groups in total. The van der Waals surface area contributed by atoms with Gasteiger partial charge in [0.25, 0.3) is 5.91 Å². The molecule has 0 bridgehead atoms. The summed E-state index contributed by atoms with van der Waals surface area (Å²) in [6.07, 6.45) is 2.98. The van der Waals surface area contributed by atoms with Crippen molar-refractivity contribution in [3.8, 4) is 0 Å². The lowest BCUT2D eigenvalue weighted by atomic mass is 10.1. The number of ether oxygens (including phenoxy) is 1. The number of aryl methyl sites for hydroxylation is 1. The number of hydrogen-bond acceptors (Lipinski definition) is 5. The van der Waals surface area contributed by atoms with Crippen molar-refractivity contribution in [2.24, 2.45) is 7.05 Å². The Hall–Kier alpha value is -1.41. The van der Waals surface area contributed by atoms with E-state index < -0.39 is 20.7 Å². The van der Waals surface area contributed by atoms with Crippen molar-refractivity contribution in [1.29, 1.82) is 0 Å². The van der Waals surface area contributed by atoms with Gasteiger partial charge in [-0.05, 0) is 20.3 Å². The van der Waals surface area contributed by atoms with E-state index in [0.29, 0.717) is 18.5 Å². The minimum absolute atomic E-state index is 0.0186. The van der Waals surface area contributed by atoms with Gasteiger partial charge in [-0.2, -0.15) is 5.10 Å². The molecule has 1 aliphatic rings. The van der Waals surface area contributed by atoms with Crippen molar-refractivity contribution < 1.29 is 17.9 Å². The molecular formula is C14H23N3O4S. The predicted octanol–water partition coefficient (Wildman–Crippen LogP) is 0.533. The van der Waals surface area contributed by atoms with Crippen LogP contribution in [0.4, 0.5) is 0 Å². The second kappa shape index (κ2) is 6.00. The minimum Gasteiger partial charge on any atom is -0.367 e. The van der Waals surface area contributed by atoms with Gasteiger partial charge in [0.15, 0.2) is 15.9 Å². The zero-order valence-corrected chi connectivity index (χ0v) is 14.3. The quantitative estimate of drug-likeness (QED) is 0.808. The second-order valence-electron chi connectivity index (χ2n) is 6.22. The van der Waals surface area contributed by atoms with Gasteiger partial charge in [0, 0.05) is 39.0 Å². The molecule has 1 unspecified atom stereocenters. The van der Waals surface area contributed by atoms with E-state index in [1.807, 2.05) is 0 Å². The summed E-state index contributed by atoms with van der Waals surface area (Å²) in [6.45, 7) is 4.03. The molecule has 1 atom stereocenters. The van der Waals surface area contributed by atoms with E-state index in [1.165, 1.54) is 7.11 Å². The summed E-state index contributed by atoms with van der Waals surface area (Å²) >= 11 is 0. The van der Waals surface area contributed by atoms with Gasteiger partial charge in [0.2, 0.25) is 0 Å². The van der Waals surface area contributed by atoms with Crippen LogP contribution in [-0.2, 0) is 26.4 Å². The molecule has 8 heteroatoms. The first-order valence-electron chi connectivity index (χ1n) is 7.20. The molecule has 22 heavy (non-hydrogen) atoms. The fourth-order valence-corrected chi connectivity index (χ4v) is 3.94. The van der Waals surface area contributed by atoms with Crippen LogP contribution in [0.3, 0.4) is 0 Å². The van der Waals surface area contributed by atoms with E-state index in [4.69, 9.17) is 4.74 Å². The third-order valence-electron chi connectivity index (χ3n) is 4.25. The molecule has 7 nitrogen and oxygen atoms in total. The van der Waals surface area contributed by atoms with Gasteiger partial charge in [0.1, 0.15) is 0 Å². The lowest BCUT2D eigenvalue weighted by molar-refractivity contribution is -0.142.